The van der Waals surface area contributed by atoms with E-state index < -0.39 is 0 Å². The van der Waals surface area contributed by atoms with Gasteiger partial charge in [-0.2, -0.15) is 5.26 Å². The normalized spacial score (nSPS) is 11.4. The Bertz CT molecular complexity index is 1210. The summed E-state index contributed by atoms with van der Waals surface area (Å²) >= 11 is 0. The highest BCUT2D eigenvalue weighted by Crippen LogP contribution is 2.38. The molecule has 4 aromatic rings. The van der Waals surface area contributed by atoms with E-state index in [1.807, 2.05) is 12.1 Å². The molecule has 0 spiro atoms. The van der Waals surface area contributed by atoms with Crippen molar-refractivity contribution >= 4 is 21.9 Å². The van der Waals surface area contributed by atoms with Crippen molar-refractivity contribution in [3.63, 3.8) is 0 Å². The molecule has 0 saturated heterocycles. The van der Waals surface area contributed by atoms with E-state index in [4.69, 9.17) is 4.42 Å². The van der Waals surface area contributed by atoms with Gasteiger partial charge in [0, 0.05) is 22.9 Å². The Hall–Kier alpha value is -3.12. The highest BCUT2D eigenvalue weighted by atomic mass is 16.3. The van der Waals surface area contributed by atoms with E-state index in [2.05, 4.69) is 68.9 Å². The van der Waals surface area contributed by atoms with Gasteiger partial charge in [-0.3, -0.25) is 0 Å². The number of benzene rings is 2. The fourth-order valence-electron chi connectivity index (χ4n) is 3.83. The van der Waals surface area contributed by atoms with Gasteiger partial charge in [0.2, 0.25) is 5.69 Å². The summed E-state index contributed by atoms with van der Waals surface area (Å²) in [5.41, 5.74) is 6.81. The summed E-state index contributed by atoms with van der Waals surface area (Å²) in [5.74, 6) is 0.604. The van der Waals surface area contributed by atoms with E-state index in [0.717, 1.165) is 39.6 Å². The maximum Gasteiger partial charge on any atom is 0.216 e. The van der Waals surface area contributed by atoms with Crippen molar-refractivity contribution < 1.29 is 8.98 Å². The summed E-state index contributed by atoms with van der Waals surface area (Å²) in [4.78, 5) is 0. The van der Waals surface area contributed by atoms with E-state index in [9.17, 15) is 5.26 Å². The predicted molar refractivity (Wildman–Crippen MR) is 108 cm³/mol. The molecular weight excluding hydrogens is 332 g/mol. The molecule has 0 N–H and O–H groups in total. The van der Waals surface area contributed by atoms with Gasteiger partial charge in [-0.1, -0.05) is 38.1 Å². The molecule has 2 heterocycles. The van der Waals surface area contributed by atoms with Crippen molar-refractivity contribution in [3.8, 4) is 17.3 Å². The zero-order valence-electron chi connectivity index (χ0n) is 16.2. The van der Waals surface area contributed by atoms with Crippen molar-refractivity contribution in [3.05, 3.63) is 65.4 Å². The maximum absolute atomic E-state index is 9.45. The molecule has 4 rings (SSSR count). The van der Waals surface area contributed by atoms with Crippen LogP contribution < -0.4 is 4.57 Å². The Balaban J connectivity index is 2.05. The van der Waals surface area contributed by atoms with E-state index in [1.54, 1.807) is 6.07 Å². The van der Waals surface area contributed by atoms with Gasteiger partial charge in [0.15, 0.2) is 11.8 Å². The van der Waals surface area contributed by atoms with Gasteiger partial charge in [-0.05, 0) is 36.5 Å². The second kappa shape index (κ2) is 6.55. The third kappa shape index (κ3) is 2.88. The van der Waals surface area contributed by atoms with Crippen LogP contribution in [0, 0.1) is 24.2 Å². The van der Waals surface area contributed by atoms with Crippen LogP contribution in [0.2, 0.25) is 0 Å². The van der Waals surface area contributed by atoms with Crippen LogP contribution in [0.3, 0.4) is 0 Å². The molecular formula is C24H23N2O+. The van der Waals surface area contributed by atoms with Gasteiger partial charge < -0.3 is 4.42 Å². The lowest BCUT2D eigenvalue weighted by Crippen LogP contribution is -2.31. The Morgan fingerprint density at radius 1 is 1.07 bits per heavy atom. The van der Waals surface area contributed by atoms with Gasteiger partial charge in [0.25, 0.3) is 0 Å². The van der Waals surface area contributed by atoms with E-state index >= 15 is 0 Å². The number of aryl methyl sites for hydroxylation is 2. The number of rotatable bonds is 3. The Morgan fingerprint density at radius 3 is 2.59 bits per heavy atom. The summed E-state index contributed by atoms with van der Waals surface area (Å²) in [6.07, 6.45) is 3.16. The van der Waals surface area contributed by atoms with Crippen molar-refractivity contribution in [2.24, 2.45) is 13.0 Å². The lowest BCUT2D eigenvalue weighted by atomic mass is 9.97. The molecule has 0 aliphatic heterocycles. The largest absolute Gasteiger partial charge is 0.454 e. The average Bonchev–Trinajstić information content (AvgIpc) is 3.01. The van der Waals surface area contributed by atoms with Crippen molar-refractivity contribution in [1.29, 1.82) is 5.26 Å². The smallest absolute Gasteiger partial charge is 0.216 e. The minimum Gasteiger partial charge on any atom is -0.454 e. The van der Waals surface area contributed by atoms with Gasteiger partial charge in [0.05, 0.1) is 11.1 Å². The Morgan fingerprint density at radius 2 is 1.85 bits per heavy atom. The number of hydrogen-bond donors (Lipinski definition) is 0. The van der Waals surface area contributed by atoms with Crippen LogP contribution in [0.15, 0.2) is 53.1 Å². The van der Waals surface area contributed by atoms with Crippen LogP contribution in [0.1, 0.15) is 30.5 Å². The van der Waals surface area contributed by atoms with Crippen LogP contribution in [-0.4, -0.2) is 0 Å². The van der Waals surface area contributed by atoms with Crippen LogP contribution in [0.25, 0.3) is 33.2 Å². The molecule has 2 aromatic heterocycles. The number of aromatic nitrogens is 1. The number of hydrogen-bond acceptors (Lipinski definition) is 2. The lowest BCUT2D eigenvalue weighted by Gasteiger charge is -2.09. The summed E-state index contributed by atoms with van der Waals surface area (Å²) < 4.78 is 8.42. The summed E-state index contributed by atoms with van der Waals surface area (Å²) in [6.45, 7) is 6.59. The molecule has 0 aliphatic carbocycles. The van der Waals surface area contributed by atoms with Gasteiger partial charge in [-0.25, -0.2) is 4.57 Å². The molecule has 0 unspecified atom stereocenters. The summed E-state index contributed by atoms with van der Waals surface area (Å²) in [7, 11) is 2.07. The number of furan rings is 1. The number of nitriles is 1. The minimum absolute atomic E-state index is 0.574. The zero-order valence-corrected chi connectivity index (χ0v) is 16.2. The third-order valence-corrected chi connectivity index (χ3v) is 5.11. The van der Waals surface area contributed by atoms with Crippen LogP contribution in [-0.2, 0) is 13.5 Å². The molecule has 2 aromatic carbocycles. The molecule has 0 bridgehead atoms. The number of nitrogens with zero attached hydrogens (tertiary/aromatic N) is 2. The highest BCUT2D eigenvalue weighted by Gasteiger charge is 2.22. The first-order chi connectivity index (χ1) is 13.0. The van der Waals surface area contributed by atoms with Crippen molar-refractivity contribution in [2.45, 2.75) is 27.2 Å². The van der Waals surface area contributed by atoms with Gasteiger partial charge in [-0.15, -0.1) is 0 Å². The number of pyridine rings is 1. The SMILES string of the molecule is Cc1ccc2c(oc3c(C#N)cccc32)c1-c1cc(CC(C)C)cc[n+]1C. The number of fused-ring (bicyclic) bond motifs is 3. The average molecular weight is 355 g/mol. The monoisotopic (exact) mass is 355 g/mol. The maximum atomic E-state index is 9.45. The topological polar surface area (TPSA) is 40.8 Å². The van der Waals surface area contributed by atoms with Gasteiger partial charge in [0.1, 0.15) is 18.7 Å². The van der Waals surface area contributed by atoms with Crippen molar-refractivity contribution in [2.75, 3.05) is 0 Å². The molecule has 134 valence electrons. The van der Waals surface area contributed by atoms with Crippen LogP contribution >= 0.6 is 0 Å². The fourth-order valence-corrected chi connectivity index (χ4v) is 3.83. The molecule has 0 saturated carbocycles. The second-order valence-electron chi connectivity index (χ2n) is 7.66. The van der Waals surface area contributed by atoms with Gasteiger partial charge >= 0.3 is 0 Å². The summed E-state index contributed by atoms with van der Waals surface area (Å²) in [6, 6.07) is 16.7. The molecule has 0 radical (unpaired) electrons. The van der Waals surface area contributed by atoms with Crippen LogP contribution in [0.5, 0.6) is 0 Å². The van der Waals surface area contributed by atoms with Crippen molar-refractivity contribution in [1.82, 2.24) is 0 Å². The molecule has 27 heavy (non-hydrogen) atoms. The van der Waals surface area contributed by atoms with E-state index in [0.29, 0.717) is 17.1 Å². The first-order valence-corrected chi connectivity index (χ1v) is 9.33. The molecule has 0 fully saturated rings. The van der Waals surface area contributed by atoms with E-state index in [-0.39, 0.29) is 0 Å². The number of para-hydroxylation sites is 1. The molecule has 3 heteroatoms. The highest BCUT2D eigenvalue weighted by molar-refractivity contribution is 6.10. The molecule has 3 nitrogen and oxygen atoms in total. The second-order valence-corrected chi connectivity index (χ2v) is 7.66. The van der Waals surface area contributed by atoms with Crippen LogP contribution in [0.4, 0.5) is 0 Å². The Kier molecular flexibility index (Phi) is 4.20. The first kappa shape index (κ1) is 17.3. The Labute approximate surface area is 159 Å². The minimum atomic E-state index is 0.574. The molecule has 0 atom stereocenters. The predicted octanol–water partition coefficient (Wildman–Crippen LogP) is 5.46. The molecule has 0 amide bonds. The lowest BCUT2D eigenvalue weighted by molar-refractivity contribution is -0.660. The molecule has 0 aliphatic rings. The fraction of sp³-hybridized carbons (Fsp3) is 0.250. The first-order valence-electron chi connectivity index (χ1n) is 9.33. The quantitative estimate of drug-likeness (QED) is 0.458. The third-order valence-electron chi connectivity index (χ3n) is 5.11. The van der Waals surface area contributed by atoms with E-state index in [1.165, 1.54) is 5.56 Å². The zero-order chi connectivity index (χ0) is 19.1. The summed E-state index contributed by atoms with van der Waals surface area (Å²) in [5, 5.41) is 11.5. The standard InChI is InChI=1S/C24H23N2O/c1-15(2)12-17-10-11-26(4)21(13-17)22-16(3)8-9-20-19-7-5-6-18(14-25)23(19)27-24(20)22/h5-11,13,15H,12H2,1-4H3/q+1.